The van der Waals surface area contributed by atoms with Crippen LogP contribution in [0.3, 0.4) is 0 Å². The Labute approximate surface area is 110 Å². The van der Waals surface area contributed by atoms with E-state index in [1.54, 1.807) is 11.4 Å². The minimum absolute atomic E-state index is 0.0641. The number of hydrogen-bond donors (Lipinski definition) is 1. The maximum Gasteiger partial charge on any atom is 0.346 e. The van der Waals surface area contributed by atoms with Gasteiger partial charge in [0.25, 0.3) is 0 Å². The molecule has 4 nitrogen and oxygen atoms in total. The molecule has 1 aromatic rings. The highest BCUT2D eigenvalue weighted by Crippen LogP contribution is 2.43. The van der Waals surface area contributed by atoms with Crippen LogP contribution < -0.4 is 4.74 Å². The van der Waals surface area contributed by atoms with E-state index in [1.165, 1.54) is 17.8 Å². The molecule has 2 fully saturated rings. The third-order valence-electron chi connectivity index (χ3n) is 3.80. The van der Waals surface area contributed by atoms with Crippen molar-refractivity contribution < 1.29 is 19.4 Å². The molecule has 1 saturated carbocycles. The first-order valence-electron chi connectivity index (χ1n) is 6.29. The Morgan fingerprint density at radius 3 is 3.00 bits per heavy atom. The van der Waals surface area contributed by atoms with Crippen molar-refractivity contribution in [3.05, 3.63) is 16.3 Å². The smallest absolute Gasteiger partial charge is 0.346 e. The number of hydrogen-bond acceptors (Lipinski definition) is 4. The van der Waals surface area contributed by atoms with E-state index >= 15 is 0 Å². The van der Waals surface area contributed by atoms with E-state index in [9.17, 15) is 4.79 Å². The lowest BCUT2D eigenvalue weighted by atomic mass is 9.74. The van der Waals surface area contributed by atoms with E-state index in [1.807, 2.05) is 0 Å². The highest BCUT2D eigenvalue weighted by molar-refractivity contribution is 7.12. The van der Waals surface area contributed by atoms with Crippen LogP contribution in [0.15, 0.2) is 11.4 Å². The van der Waals surface area contributed by atoms with Gasteiger partial charge in [0.15, 0.2) is 0 Å². The van der Waals surface area contributed by atoms with Crippen LogP contribution in [-0.4, -0.2) is 29.4 Å². The third kappa shape index (κ3) is 2.24. The Morgan fingerprint density at radius 1 is 1.56 bits per heavy atom. The zero-order valence-corrected chi connectivity index (χ0v) is 10.9. The van der Waals surface area contributed by atoms with E-state index in [-0.39, 0.29) is 11.7 Å². The molecule has 0 radical (unpaired) electrons. The van der Waals surface area contributed by atoms with E-state index < -0.39 is 5.97 Å². The normalized spacial score (nSPS) is 25.7. The van der Waals surface area contributed by atoms with Crippen LogP contribution in [0.4, 0.5) is 0 Å². The molecule has 1 aliphatic carbocycles. The van der Waals surface area contributed by atoms with Gasteiger partial charge in [0.2, 0.25) is 0 Å². The Bertz CT molecular complexity index is 450. The van der Waals surface area contributed by atoms with Crippen molar-refractivity contribution in [3.63, 3.8) is 0 Å². The summed E-state index contributed by atoms with van der Waals surface area (Å²) in [6.45, 7) is 0.751. The molecule has 5 heteroatoms. The molecule has 0 aromatic carbocycles. The van der Waals surface area contributed by atoms with Gasteiger partial charge in [-0.05, 0) is 19.3 Å². The fourth-order valence-corrected chi connectivity index (χ4v) is 3.34. The molecule has 1 unspecified atom stereocenters. The zero-order chi connectivity index (χ0) is 12.6. The van der Waals surface area contributed by atoms with E-state index in [0.29, 0.717) is 10.6 Å². The summed E-state index contributed by atoms with van der Waals surface area (Å²) in [7, 11) is 0. The van der Waals surface area contributed by atoms with Crippen LogP contribution in [0.25, 0.3) is 0 Å². The highest BCUT2D eigenvalue weighted by Gasteiger charge is 2.43. The lowest BCUT2D eigenvalue weighted by Crippen LogP contribution is -2.48. The molecule has 1 saturated heterocycles. The van der Waals surface area contributed by atoms with E-state index in [2.05, 4.69) is 0 Å². The number of aromatic carboxylic acids is 1. The molecular formula is C13H16O4S. The van der Waals surface area contributed by atoms with Crippen molar-refractivity contribution in [1.82, 2.24) is 0 Å². The van der Waals surface area contributed by atoms with Crippen LogP contribution in [0.5, 0.6) is 5.75 Å². The van der Waals surface area contributed by atoms with Gasteiger partial charge in [-0.1, -0.05) is 0 Å². The van der Waals surface area contributed by atoms with Crippen LogP contribution in [0.2, 0.25) is 0 Å². The lowest BCUT2D eigenvalue weighted by Gasteiger charge is -2.46. The molecular weight excluding hydrogens is 252 g/mol. The van der Waals surface area contributed by atoms with Crippen LogP contribution >= 0.6 is 11.3 Å². The maximum atomic E-state index is 10.8. The standard InChI is InChI=1S/C13H16O4S/c14-12(15)11-6-10(8-18-11)17-9-2-5-16-13(7-9)3-1-4-13/h6,8-9H,1-5,7H2,(H,14,15). The summed E-state index contributed by atoms with van der Waals surface area (Å²) in [5.41, 5.74) is 0.0641. The number of carbonyl (C=O) groups is 1. The minimum atomic E-state index is -0.891. The van der Waals surface area contributed by atoms with Crippen molar-refractivity contribution in [3.8, 4) is 5.75 Å². The number of thiophene rings is 1. The van der Waals surface area contributed by atoms with Crippen molar-refractivity contribution in [2.24, 2.45) is 0 Å². The van der Waals surface area contributed by atoms with Crippen molar-refractivity contribution >= 4 is 17.3 Å². The number of carboxylic acids is 1. The largest absolute Gasteiger partial charge is 0.489 e. The molecule has 98 valence electrons. The molecule has 1 aromatic heterocycles. The first-order chi connectivity index (χ1) is 8.67. The van der Waals surface area contributed by atoms with Crippen LogP contribution in [0, 0.1) is 0 Å². The van der Waals surface area contributed by atoms with Gasteiger partial charge in [0.1, 0.15) is 16.7 Å². The Balaban J connectivity index is 1.63. The molecule has 1 atom stereocenters. The van der Waals surface area contributed by atoms with Crippen LogP contribution in [0.1, 0.15) is 41.8 Å². The fraction of sp³-hybridized carbons (Fsp3) is 0.615. The second-order valence-electron chi connectivity index (χ2n) is 5.07. The predicted octanol–water partition coefficient (Wildman–Crippen LogP) is 2.93. The molecule has 0 bridgehead atoms. The van der Waals surface area contributed by atoms with Gasteiger partial charge in [0, 0.05) is 24.3 Å². The number of rotatable bonds is 3. The second-order valence-corrected chi connectivity index (χ2v) is 5.98. The van der Waals surface area contributed by atoms with Gasteiger partial charge in [0.05, 0.1) is 12.2 Å². The van der Waals surface area contributed by atoms with Crippen molar-refractivity contribution in [1.29, 1.82) is 0 Å². The minimum Gasteiger partial charge on any atom is -0.489 e. The lowest BCUT2D eigenvalue weighted by molar-refractivity contribution is -0.153. The molecule has 2 aliphatic rings. The average molecular weight is 268 g/mol. The van der Waals surface area contributed by atoms with Gasteiger partial charge < -0.3 is 14.6 Å². The summed E-state index contributed by atoms with van der Waals surface area (Å²) < 4.78 is 11.7. The summed E-state index contributed by atoms with van der Waals surface area (Å²) >= 11 is 1.21. The first kappa shape index (κ1) is 12.0. The highest BCUT2D eigenvalue weighted by atomic mass is 32.1. The summed E-state index contributed by atoms with van der Waals surface area (Å²) in [6.07, 6.45) is 5.50. The van der Waals surface area contributed by atoms with Gasteiger partial charge in [-0.2, -0.15) is 0 Å². The Hall–Kier alpha value is -1.07. The van der Waals surface area contributed by atoms with Gasteiger partial charge in [-0.3, -0.25) is 0 Å². The van der Waals surface area contributed by atoms with E-state index in [4.69, 9.17) is 14.6 Å². The monoisotopic (exact) mass is 268 g/mol. The molecule has 1 N–H and O–H groups in total. The summed E-state index contributed by atoms with van der Waals surface area (Å²) in [5.74, 6) is -0.212. The SMILES string of the molecule is O=C(O)c1cc(OC2CCOC3(CCC3)C2)cs1. The maximum absolute atomic E-state index is 10.8. The van der Waals surface area contributed by atoms with E-state index in [0.717, 1.165) is 32.3 Å². The number of ether oxygens (including phenoxy) is 2. The Kier molecular flexibility index (Phi) is 3.03. The average Bonchev–Trinajstić information content (AvgIpc) is 2.76. The van der Waals surface area contributed by atoms with Crippen LogP contribution in [-0.2, 0) is 4.74 Å². The van der Waals surface area contributed by atoms with Gasteiger partial charge in [-0.25, -0.2) is 4.79 Å². The van der Waals surface area contributed by atoms with Gasteiger partial charge in [-0.15, -0.1) is 11.3 Å². The molecule has 18 heavy (non-hydrogen) atoms. The first-order valence-corrected chi connectivity index (χ1v) is 7.17. The Morgan fingerprint density at radius 2 is 2.39 bits per heavy atom. The molecule has 2 heterocycles. The molecule has 1 spiro atoms. The molecule has 1 aliphatic heterocycles. The quantitative estimate of drug-likeness (QED) is 0.915. The van der Waals surface area contributed by atoms with Crippen molar-refractivity contribution in [2.45, 2.75) is 43.8 Å². The molecule has 0 amide bonds. The van der Waals surface area contributed by atoms with Gasteiger partial charge >= 0.3 is 5.97 Å². The zero-order valence-electron chi connectivity index (χ0n) is 10.1. The summed E-state index contributed by atoms with van der Waals surface area (Å²) in [4.78, 5) is 11.1. The predicted molar refractivity (Wildman–Crippen MR) is 67.5 cm³/mol. The topological polar surface area (TPSA) is 55.8 Å². The number of carboxylic acid groups (broad SMARTS) is 1. The van der Waals surface area contributed by atoms with Crippen molar-refractivity contribution in [2.75, 3.05) is 6.61 Å². The summed E-state index contributed by atoms with van der Waals surface area (Å²) in [5, 5.41) is 10.6. The molecule has 3 rings (SSSR count). The summed E-state index contributed by atoms with van der Waals surface area (Å²) in [6, 6.07) is 1.61. The fourth-order valence-electron chi connectivity index (χ4n) is 2.69. The third-order valence-corrected chi connectivity index (χ3v) is 4.70. The second kappa shape index (κ2) is 4.55.